The molecular formula is C16H21NO6S. The van der Waals surface area contributed by atoms with Crippen LogP contribution in [0.15, 0.2) is 35.2 Å². The Morgan fingerprint density at radius 1 is 1.33 bits per heavy atom. The molecule has 2 atom stereocenters. The van der Waals surface area contributed by atoms with Crippen molar-refractivity contribution >= 4 is 21.7 Å². The molecule has 0 saturated carbocycles. The molecule has 0 aliphatic carbocycles. The van der Waals surface area contributed by atoms with Crippen molar-refractivity contribution in [3.8, 4) is 0 Å². The molecule has 0 unspecified atom stereocenters. The summed E-state index contributed by atoms with van der Waals surface area (Å²) in [7, 11) is -2.34. The van der Waals surface area contributed by atoms with Gasteiger partial charge >= 0.3 is 5.97 Å². The van der Waals surface area contributed by atoms with Gasteiger partial charge < -0.3 is 14.8 Å². The van der Waals surface area contributed by atoms with Crippen molar-refractivity contribution in [2.75, 3.05) is 26.1 Å². The van der Waals surface area contributed by atoms with Crippen LogP contribution in [-0.2, 0) is 28.9 Å². The Morgan fingerprint density at radius 3 is 2.62 bits per heavy atom. The molecule has 8 heteroatoms. The molecule has 1 fully saturated rings. The minimum Gasteiger partial charge on any atom is -0.467 e. The average molecular weight is 355 g/mol. The molecule has 0 spiro atoms. The van der Waals surface area contributed by atoms with Crippen molar-refractivity contribution in [2.24, 2.45) is 5.92 Å². The number of hydrogen-bond donors (Lipinski definition) is 1. The van der Waals surface area contributed by atoms with Gasteiger partial charge in [0, 0.05) is 6.61 Å². The molecule has 1 aliphatic rings. The van der Waals surface area contributed by atoms with Crippen molar-refractivity contribution in [3.63, 3.8) is 0 Å². The normalized spacial score (nSPS) is 18.8. The number of nitrogens with one attached hydrogen (secondary N) is 1. The van der Waals surface area contributed by atoms with E-state index in [2.05, 4.69) is 10.1 Å². The first-order valence-corrected chi connectivity index (χ1v) is 9.33. The first-order chi connectivity index (χ1) is 11.4. The maximum atomic E-state index is 12.3. The standard InChI is InChI=1S/C16H21NO6S/c1-22-16(19)14(17-15(18)12-7-9-23-11-12)8-10-24(20,21)13-5-3-2-4-6-13/h2-6,12,14H,7-11H2,1H3,(H,17,18)/t12-,14-/m1/s1. The van der Waals surface area contributed by atoms with E-state index < -0.39 is 21.8 Å². The van der Waals surface area contributed by atoms with Crippen LogP contribution in [0.2, 0.25) is 0 Å². The predicted molar refractivity (Wildman–Crippen MR) is 86.0 cm³/mol. The van der Waals surface area contributed by atoms with Crippen LogP contribution in [0, 0.1) is 5.92 Å². The lowest BCUT2D eigenvalue weighted by atomic mass is 10.1. The molecule has 0 radical (unpaired) electrons. The highest BCUT2D eigenvalue weighted by molar-refractivity contribution is 7.91. The van der Waals surface area contributed by atoms with Gasteiger partial charge in [-0.1, -0.05) is 18.2 Å². The Morgan fingerprint density at radius 2 is 2.04 bits per heavy atom. The largest absolute Gasteiger partial charge is 0.467 e. The molecule has 1 aromatic rings. The van der Waals surface area contributed by atoms with Gasteiger partial charge in [0.2, 0.25) is 5.91 Å². The van der Waals surface area contributed by atoms with Gasteiger partial charge in [-0.25, -0.2) is 13.2 Å². The predicted octanol–water partition coefficient (Wildman–Crippen LogP) is 0.545. The summed E-state index contributed by atoms with van der Waals surface area (Å²) in [5, 5.41) is 2.58. The molecule has 1 aromatic carbocycles. The van der Waals surface area contributed by atoms with E-state index in [1.54, 1.807) is 18.2 Å². The van der Waals surface area contributed by atoms with Gasteiger partial charge in [-0.05, 0) is 25.0 Å². The summed E-state index contributed by atoms with van der Waals surface area (Å²) in [4.78, 5) is 24.2. The van der Waals surface area contributed by atoms with E-state index in [4.69, 9.17) is 4.74 Å². The summed E-state index contributed by atoms with van der Waals surface area (Å²) < 4.78 is 34.4. The zero-order valence-corrected chi connectivity index (χ0v) is 14.3. The molecular weight excluding hydrogens is 334 g/mol. The maximum absolute atomic E-state index is 12.3. The number of hydrogen-bond acceptors (Lipinski definition) is 6. The van der Waals surface area contributed by atoms with Crippen LogP contribution in [0.3, 0.4) is 0 Å². The molecule has 1 heterocycles. The van der Waals surface area contributed by atoms with E-state index in [0.29, 0.717) is 19.6 Å². The molecule has 1 saturated heterocycles. The Balaban J connectivity index is 2.01. The second-order valence-corrected chi connectivity index (χ2v) is 7.67. The summed E-state index contributed by atoms with van der Waals surface area (Å²) >= 11 is 0. The zero-order chi connectivity index (χ0) is 17.6. The summed E-state index contributed by atoms with van der Waals surface area (Å²) in [5.74, 6) is -1.56. The fourth-order valence-corrected chi connectivity index (χ4v) is 3.79. The van der Waals surface area contributed by atoms with Gasteiger partial charge in [0.1, 0.15) is 6.04 Å². The number of ether oxygens (including phenoxy) is 2. The lowest BCUT2D eigenvalue weighted by Crippen LogP contribution is -2.45. The highest BCUT2D eigenvalue weighted by atomic mass is 32.2. The third-order valence-corrected chi connectivity index (χ3v) is 5.64. The zero-order valence-electron chi connectivity index (χ0n) is 13.4. The highest BCUT2D eigenvalue weighted by Gasteiger charge is 2.29. The van der Waals surface area contributed by atoms with Gasteiger partial charge in [0.25, 0.3) is 0 Å². The molecule has 1 N–H and O–H groups in total. The third kappa shape index (κ3) is 4.78. The second kappa shape index (κ2) is 8.25. The van der Waals surface area contributed by atoms with Crippen molar-refractivity contribution in [1.29, 1.82) is 0 Å². The van der Waals surface area contributed by atoms with Crippen LogP contribution in [0.25, 0.3) is 0 Å². The molecule has 7 nitrogen and oxygen atoms in total. The maximum Gasteiger partial charge on any atom is 0.328 e. The van der Waals surface area contributed by atoms with Gasteiger partial charge in [-0.3, -0.25) is 4.79 Å². The van der Waals surface area contributed by atoms with Crippen molar-refractivity contribution in [3.05, 3.63) is 30.3 Å². The Hall–Kier alpha value is -1.93. The lowest BCUT2D eigenvalue weighted by molar-refractivity contribution is -0.145. The van der Waals surface area contributed by atoms with Gasteiger partial charge in [0.15, 0.2) is 9.84 Å². The first-order valence-electron chi connectivity index (χ1n) is 7.68. The van der Waals surface area contributed by atoms with E-state index >= 15 is 0 Å². The average Bonchev–Trinajstić information content (AvgIpc) is 3.13. The van der Waals surface area contributed by atoms with E-state index in [9.17, 15) is 18.0 Å². The number of esters is 1. The number of carbonyl (C=O) groups excluding carboxylic acids is 2. The number of sulfone groups is 1. The minimum absolute atomic E-state index is 0.0524. The Labute approximate surface area is 141 Å². The smallest absolute Gasteiger partial charge is 0.328 e. The molecule has 1 amide bonds. The lowest BCUT2D eigenvalue weighted by Gasteiger charge is -2.18. The van der Waals surface area contributed by atoms with Crippen LogP contribution in [0.1, 0.15) is 12.8 Å². The van der Waals surface area contributed by atoms with Crippen molar-refractivity contribution in [1.82, 2.24) is 5.32 Å². The quantitative estimate of drug-likeness (QED) is 0.717. The van der Waals surface area contributed by atoms with Crippen molar-refractivity contribution < 1.29 is 27.5 Å². The SMILES string of the molecule is COC(=O)[C@@H](CCS(=O)(=O)c1ccccc1)NC(=O)[C@@H]1CCOC1. The van der Waals surface area contributed by atoms with Crippen LogP contribution in [0.5, 0.6) is 0 Å². The topological polar surface area (TPSA) is 98.8 Å². The molecule has 1 aliphatic heterocycles. The van der Waals surface area contributed by atoms with Gasteiger partial charge in [-0.2, -0.15) is 0 Å². The molecule has 132 valence electrons. The van der Waals surface area contributed by atoms with Gasteiger partial charge in [-0.15, -0.1) is 0 Å². The van der Waals surface area contributed by atoms with E-state index in [1.165, 1.54) is 19.2 Å². The van der Waals surface area contributed by atoms with E-state index in [1.807, 2.05) is 0 Å². The van der Waals surface area contributed by atoms with Crippen LogP contribution < -0.4 is 5.32 Å². The molecule has 0 aromatic heterocycles. The van der Waals surface area contributed by atoms with E-state index in [0.717, 1.165) is 0 Å². The number of methoxy groups -OCH3 is 1. The molecule has 24 heavy (non-hydrogen) atoms. The fraction of sp³-hybridized carbons (Fsp3) is 0.500. The second-order valence-electron chi connectivity index (χ2n) is 5.57. The minimum atomic E-state index is -3.54. The van der Waals surface area contributed by atoms with Crippen molar-refractivity contribution in [2.45, 2.75) is 23.8 Å². The fourth-order valence-electron chi connectivity index (χ4n) is 2.44. The van der Waals surface area contributed by atoms with Crippen LogP contribution in [0.4, 0.5) is 0 Å². The summed E-state index contributed by atoms with van der Waals surface area (Å²) in [5.41, 5.74) is 0. The van der Waals surface area contributed by atoms with Crippen LogP contribution >= 0.6 is 0 Å². The summed E-state index contributed by atoms with van der Waals surface area (Å²) in [6, 6.07) is 6.98. The monoisotopic (exact) mass is 355 g/mol. The molecule has 2 rings (SSSR count). The number of benzene rings is 1. The Kier molecular flexibility index (Phi) is 6.33. The van der Waals surface area contributed by atoms with E-state index in [-0.39, 0.29) is 28.9 Å². The van der Waals surface area contributed by atoms with Gasteiger partial charge in [0.05, 0.1) is 30.3 Å². The molecule has 0 bridgehead atoms. The summed E-state index contributed by atoms with van der Waals surface area (Å²) in [6.07, 6.45) is 0.533. The first kappa shape index (κ1) is 18.4. The number of amides is 1. The number of rotatable bonds is 7. The van der Waals surface area contributed by atoms with Crippen LogP contribution in [-0.4, -0.2) is 52.4 Å². The Bertz CT molecular complexity index is 667. The summed E-state index contributed by atoms with van der Waals surface area (Å²) in [6.45, 7) is 0.811. The highest BCUT2D eigenvalue weighted by Crippen LogP contribution is 2.15. The number of carbonyl (C=O) groups is 2. The third-order valence-electron chi connectivity index (χ3n) is 3.88.